The first-order chi connectivity index (χ1) is 11.2. The number of phenols is 1. The topological polar surface area (TPSA) is 65.7 Å². The van der Waals surface area contributed by atoms with Crippen LogP contribution >= 0.6 is 0 Å². The predicted octanol–water partition coefficient (Wildman–Crippen LogP) is 2.48. The lowest BCUT2D eigenvalue weighted by molar-refractivity contribution is 0.0882. The zero-order valence-electron chi connectivity index (χ0n) is 12.9. The quantitative estimate of drug-likeness (QED) is 0.914. The van der Waals surface area contributed by atoms with Crippen LogP contribution in [0.4, 0.5) is 0 Å². The van der Waals surface area contributed by atoms with Gasteiger partial charge in [0.05, 0.1) is 5.56 Å². The van der Waals surface area contributed by atoms with Crippen LogP contribution in [-0.2, 0) is 0 Å². The molecule has 2 bridgehead atoms. The number of hydrogen-bond donors (Lipinski definition) is 2. The van der Waals surface area contributed by atoms with Gasteiger partial charge in [-0.25, -0.2) is 0 Å². The van der Waals surface area contributed by atoms with E-state index in [9.17, 15) is 9.90 Å². The second-order valence-corrected chi connectivity index (χ2v) is 6.50. The van der Waals surface area contributed by atoms with Crippen LogP contribution in [0.5, 0.6) is 5.75 Å². The highest BCUT2D eigenvalue weighted by Gasteiger charge is 2.33. The van der Waals surface area contributed by atoms with Crippen LogP contribution in [0.2, 0.25) is 0 Å². The third-order valence-electron chi connectivity index (χ3n) is 4.80. The van der Waals surface area contributed by atoms with Gasteiger partial charge in [-0.2, -0.15) is 0 Å². The molecule has 1 aromatic heterocycles. The highest BCUT2D eigenvalue weighted by Crippen LogP contribution is 2.30. The largest absolute Gasteiger partial charge is 0.507 e. The number of aromatic hydroxyl groups is 1. The maximum Gasteiger partial charge on any atom is 0.287 e. The van der Waals surface area contributed by atoms with E-state index < -0.39 is 0 Å². The smallest absolute Gasteiger partial charge is 0.287 e. The Kier molecular flexibility index (Phi) is 3.58. The van der Waals surface area contributed by atoms with Gasteiger partial charge in [0.15, 0.2) is 5.76 Å². The molecule has 23 heavy (non-hydrogen) atoms. The number of carbonyl (C=O) groups is 1. The Labute approximate surface area is 134 Å². The molecule has 2 aromatic rings. The summed E-state index contributed by atoms with van der Waals surface area (Å²) in [4.78, 5) is 14.8. The summed E-state index contributed by atoms with van der Waals surface area (Å²) in [6.07, 6.45) is 2.29. The Hall–Kier alpha value is -2.27. The van der Waals surface area contributed by atoms with E-state index in [-0.39, 0.29) is 23.5 Å². The number of nitrogens with one attached hydrogen (secondary N) is 1. The molecule has 0 radical (unpaired) electrons. The molecule has 0 aliphatic carbocycles. The van der Waals surface area contributed by atoms with Gasteiger partial charge in [0.1, 0.15) is 11.5 Å². The number of para-hydroxylation sites is 1. The fourth-order valence-corrected chi connectivity index (χ4v) is 3.71. The number of phenolic OH excluding ortho intramolecular Hbond substituents is 1. The first kappa shape index (κ1) is 14.3. The van der Waals surface area contributed by atoms with Gasteiger partial charge in [-0.1, -0.05) is 12.1 Å². The lowest BCUT2D eigenvalue weighted by atomic mass is 9.97. The number of benzene rings is 1. The number of hydrogen-bond acceptors (Lipinski definition) is 4. The van der Waals surface area contributed by atoms with Gasteiger partial charge in [0, 0.05) is 19.1 Å². The van der Waals surface area contributed by atoms with E-state index in [0.717, 1.165) is 19.5 Å². The normalized spacial score (nSPS) is 26.2. The molecule has 3 atom stereocenters. The minimum atomic E-state index is -0.181. The van der Waals surface area contributed by atoms with E-state index in [2.05, 4.69) is 10.2 Å². The van der Waals surface area contributed by atoms with E-state index in [4.69, 9.17) is 4.42 Å². The van der Waals surface area contributed by atoms with E-state index in [0.29, 0.717) is 17.2 Å². The molecule has 2 N–H and O–H groups in total. The van der Waals surface area contributed by atoms with Crippen molar-refractivity contribution in [2.45, 2.75) is 18.9 Å². The number of fused-ring (bicyclic) bond motifs is 2. The fraction of sp³-hybridized carbons (Fsp3) is 0.389. The number of amides is 1. The highest BCUT2D eigenvalue weighted by molar-refractivity contribution is 5.92. The molecule has 5 heteroatoms. The number of furan rings is 1. The van der Waals surface area contributed by atoms with Crippen molar-refractivity contribution < 1.29 is 14.3 Å². The third-order valence-corrected chi connectivity index (χ3v) is 4.80. The Morgan fingerprint density at radius 1 is 1.22 bits per heavy atom. The Bertz CT molecular complexity index is 713. The van der Waals surface area contributed by atoms with Gasteiger partial charge in [0.2, 0.25) is 0 Å². The fourth-order valence-electron chi connectivity index (χ4n) is 3.71. The first-order valence-corrected chi connectivity index (χ1v) is 8.10. The zero-order valence-corrected chi connectivity index (χ0v) is 12.9. The number of carbonyl (C=O) groups excluding carboxylic acids is 1. The molecule has 2 saturated heterocycles. The molecule has 5 nitrogen and oxygen atoms in total. The van der Waals surface area contributed by atoms with Crippen LogP contribution in [0.1, 0.15) is 23.4 Å². The maximum absolute atomic E-state index is 12.4. The molecule has 1 amide bonds. The molecule has 0 saturated carbocycles. The molecule has 2 fully saturated rings. The van der Waals surface area contributed by atoms with Crippen LogP contribution in [-0.4, -0.2) is 41.6 Å². The molecule has 1 unspecified atom stereocenters. The van der Waals surface area contributed by atoms with Crippen molar-refractivity contribution in [2.75, 3.05) is 19.6 Å². The average Bonchev–Trinajstić information content (AvgIpc) is 3.15. The van der Waals surface area contributed by atoms with E-state index in [1.807, 2.05) is 6.07 Å². The summed E-state index contributed by atoms with van der Waals surface area (Å²) in [7, 11) is 0. The Morgan fingerprint density at radius 2 is 2.09 bits per heavy atom. The number of piperidine rings is 1. The van der Waals surface area contributed by atoms with E-state index in [1.54, 1.807) is 30.3 Å². The highest BCUT2D eigenvalue weighted by atomic mass is 16.4. The van der Waals surface area contributed by atoms with Gasteiger partial charge in [0.25, 0.3) is 5.91 Å². The van der Waals surface area contributed by atoms with Gasteiger partial charge < -0.3 is 19.7 Å². The van der Waals surface area contributed by atoms with Gasteiger partial charge in [-0.3, -0.25) is 4.79 Å². The predicted molar refractivity (Wildman–Crippen MR) is 86.2 cm³/mol. The summed E-state index contributed by atoms with van der Waals surface area (Å²) < 4.78 is 5.64. The molecule has 3 heterocycles. The van der Waals surface area contributed by atoms with Crippen molar-refractivity contribution in [2.24, 2.45) is 5.92 Å². The molecule has 2 aliphatic rings. The average molecular weight is 312 g/mol. The molecule has 2 aliphatic heterocycles. The SMILES string of the molecule is O=C(N[C@@H]1C[C@H]2CCN(C2)C1)c1ccc(-c2ccccc2O)o1. The molecule has 4 rings (SSSR count). The summed E-state index contributed by atoms with van der Waals surface area (Å²) in [5.41, 5.74) is 0.591. The van der Waals surface area contributed by atoms with Crippen LogP contribution in [0.25, 0.3) is 11.3 Å². The van der Waals surface area contributed by atoms with Crippen LogP contribution in [0.15, 0.2) is 40.8 Å². The summed E-state index contributed by atoms with van der Waals surface area (Å²) in [5, 5.41) is 13.0. The third kappa shape index (κ3) is 2.84. The summed E-state index contributed by atoms with van der Waals surface area (Å²) in [6, 6.07) is 10.5. The Balaban J connectivity index is 1.46. The zero-order chi connectivity index (χ0) is 15.8. The van der Waals surface area contributed by atoms with Crippen molar-refractivity contribution in [1.29, 1.82) is 0 Å². The van der Waals surface area contributed by atoms with Crippen LogP contribution in [0.3, 0.4) is 0 Å². The minimum absolute atomic E-state index is 0.144. The number of nitrogens with zero attached hydrogens (tertiary/aromatic N) is 1. The summed E-state index contributed by atoms with van der Waals surface area (Å²) >= 11 is 0. The van der Waals surface area contributed by atoms with E-state index >= 15 is 0 Å². The molecule has 120 valence electrons. The van der Waals surface area contributed by atoms with Crippen molar-refractivity contribution >= 4 is 5.91 Å². The Morgan fingerprint density at radius 3 is 2.91 bits per heavy atom. The molecule has 1 aromatic carbocycles. The lowest BCUT2D eigenvalue weighted by Gasteiger charge is -2.30. The standard InChI is InChI=1S/C18H20N2O3/c21-15-4-2-1-3-14(15)16-5-6-17(23-16)18(22)19-13-9-12-7-8-20(10-12)11-13/h1-6,12-13,21H,7-11H2,(H,19,22)/t12-,13-/m1/s1. The van der Waals surface area contributed by atoms with Gasteiger partial charge in [-0.05, 0) is 49.6 Å². The number of rotatable bonds is 3. The monoisotopic (exact) mass is 312 g/mol. The minimum Gasteiger partial charge on any atom is -0.507 e. The van der Waals surface area contributed by atoms with Crippen LogP contribution in [0, 0.1) is 5.92 Å². The van der Waals surface area contributed by atoms with Crippen molar-refractivity contribution in [3.05, 3.63) is 42.2 Å². The van der Waals surface area contributed by atoms with Gasteiger partial charge in [-0.15, -0.1) is 0 Å². The second kappa shape index (κ2) is 5.74. The molecule has 0 spiro atoms. The molecular formula is C18H20N2O3. The van der Waals surface area contributed by atoms with Crippen molar-refractivity contribution in [1.82, 2.24) is 10.2 Å². The van der Waals surface area contributed by atoms with Crippen LogP contribution < -0.4 is 5.32 Å². The van der Waals surface area contributed by atoms with Gasteiger partial charge >= 0.3 is 0 Å². The summed E-state index contributed by atoms with van der Waals surface area (Å²) in [6.45, 7) is 3.25. The van der Waals surface area contributed by atoms with Crippen molar-refractivity contribution in [3.63, 3.8) is 0 Å². The van der Waals surface area contributed by atoms with E-state index in [1.165, 1.54) is 13.0 Å². The first-order valence-electron chi connectivity index (χ1n) is 8.10. The lowest BCUT2D eigenvalue weighted by Crippen LogP contribution is -2.46. The maximum atomic E-state index is 12.4. The van der Waals surface area contributed by atoms with Crippen molar-refractivity contribution in [3.8, 4) is 17.1 Å². The second-order valence-electron chi connectivity index (χ2n) is 6.50. The summed E-state index contributed by atoms with van der Waals surface area (Å²) in [5.74, 6) is 1.46. The molecular weight excluding hydrogens is 292 g/mol.